The van der Waals surface area contributed by atoms with Crippen molar-refractivity contribution >= 4 is 34.5 Å². The van der Waals surface area contributed by atoms with Gasteiger partial charge in [-0.15, -0.1) is 0 Å². The molecule has 1 aliphatic rings. The van der Waals surface area contributed by atoms with Gasteiger partial charge in [-0.1, -0.05) is 0 Å². The van der Waals surface area contributed by atoms with Crippen LogP contribution < -0.4 is 11.1 Å². The number of benzene rings is 1. The molecule has 1 fully saturated rings. The van der Waals surface area contributed by atoms with Crippen LogP contribution in [0.4, 0.5) is 19.3 Å². The van der Waals surface area contributed by atoms with Crippen LogP contribution in [-0.4, -0.2) is 51.5 Å². The summed E-state index contributed by atoms with van der Waals surface area (Å²) in [5.74, 6) is -4.75. The predicted molar refractivity (Wildman–Crippen MR) is 92.9 cm³/mol. The SMILES string of the molecule is NC(=O)c1cn(CC(=O)O)c2ccc(NC(=O)N3CCCC(F)(F)C3)cc12. The van der Waals surface area contributed by atoms with Crippen LogP contribution in [-0.2, 0) is 11.3 Å². The van der Waals surface area contributed by atoms with Gasteiger partial charge in [-0.3, -0.25) is 9.59 Å². The number of anilines is 1. The highest BCUT2D eigenvalue weighted by molar-refractivity contribution is 6.07. The van der Waals surface area contributed by atoms with E-state index in [1.54, 1.807) is 0 Å². The topological polar surface area (TPSA) is 118 Å². The van der Waals surface area contributed by atoms with Crippen molar-refractivity contribution in [1.82, 2.24) is 9.47 Å². The van der Waals surface area contributed by atoms with Crippen LogP contribution in [0, 0.1) is 0 Å². The van der Waals surface area contributed by atoms with Crippen LogP contribution in [0.25, 0.3) is 10.9 Å². The smallest absolute Gasteiger partial charge is 0.323 e. The third-order valence-corrected chi connectivity index (χ3v) is 4.38. The van der Waals surface area contributed by atoms with E-state index in [9.17, 15) is 23.2 Å². The molecule has 1 saturated heterocycles. The minimum Gasteiger partial charge on any atom is -0.480 e. The lowest BCUT2D eigenvalue weighted by atomic mass is 10.1. The first-order chi connectivity index (χ1) is 12.7. The lowest BCUT2D eigenvalue weighted by Gasteiger charge is -2.32. The number of carbonyl (C=O) groups is 3. The van der Waals surface area contributed by atoms with Crippen LogP contribution >= 0.6 is 0 Å². The van der Waals surface area contributed by atoms with Crippen molar-refractivity contribution in [2.24, 2.45) is 5.73 Å². The lowest BCUT2D eigenvalue weighted by Crippen LogP contribution is -2.47. The fourth-order valence-electron chi connectivity index (χ4n) is 3.19. The molecule has 27 heavy (non-hydrogen) atoms. The van der Waals surface area contributed by atoms with Crippen LogP contribution in [0.5, 0.6) is 0 Å². The molecular formula is C17H18F2N4O4. The zero-order chi connectivity index (χ0) is 19.8. The number of aliphatic carboxylic acids is 1. The number of alkyl halides is 2. The first-order valence-electron chi connectivity index (χ1n) is 8.24. The Morgan fingerprint density at radius 1 is 1.30 bits per heavy atom. The number of rotatable bonds is 4. The van der Waals surface area contributed by atoms with Crippen molar-refractivity contribution in [2.75, 3.05) is 18.4 Å². The van der Waals surface area contributed by atoms with Crippen molar-refractivity contribution in [3.8, 4) is 0 Å². The maximum atomic E-state index is 13.5. The molecule has 0 bridgehead atoms. The Balaban J connectivity index is 1.87. The molecule has 0 atom stereocenters. The number of amides is 3. The number of piperidine rings is 1. The summed E-state index contributed by atoms with van der Waals surface area (Å²) in [4.78, 5) is 35.9. The zero-order valence-electron chi connectivity index (χ0n) is 14.2. The number of likely N-dealkylation sites (tertiary alicyclic amines) is 1. The molecule has 1 aromatic carbocycles. The second kappa shape index (κ2) is 6.86. The molecule has 0 aliphatic carbocycles. The van der Waals surface area contributed by atoms with E-state index in [0.29, 0.717) is 10.9 Å². The van der Waals surface area contributed by atoms with Crippen molar-refractivity contribution < 1.29 is 28.3 Å². The van der Waals surface area contributed by atoms with Gasteiger partial charge in [-0.25, -0.2) is 13.6 Å². The zero-order valence-corrected chi connectivity index (χ0v) is 14.2. The van der Waals surface area contributed by atoms with E-state index in [-0.39, 0.29) is 37.2 Å². The number of nitrogens with zero attached hydrogens (tertiary/aromatic N) is 2. The Labute approximate surface area is 152 Å². The second-order valence-corrected chi connectivity index (χ2v) is 6.47. The monoisotopic (exact) mass is 380 g/mol. The summed E-state index contributed by atoms with van der Waals surface area (Å²) in [7, 11) is 0. The summed E-state index contributed by atoms with van der Waals surface area (Å²) in [6.07, 6.45) is 1.29. The summed E-state index contributed by atoms with van der Waals surface area (Å²) < 4.78 is 28.3. The molecule has 10 heteroatoms. The van der Waals surface area contributed by atoms with Gasteiger partial charge in [-0.05, 0) is 24.6 Å². The van der Waals surface area contributed by atoms with Gasteiger partial charge in [0, 0.05) is 35.8 Å². The van der Waals surface area contributed by atoms with E-state index in [4.69, 9.17) is 10.8 Å². The Kier molecular flexibility index (Phi) is 4.73. The first-order valence-corrected chi connectivity index (χ1v) is 8.24. The third kappa shape index (κ3) is 3.99. The van der Waals surface area contributed by atoms with Gasteiger partial charge < -0.3 is 25.6 Å². The predicted octanol–water partition coefficient (Wildman–Crippen LogP) is 2.09. The molecule has 2 aromatic rings. The Bertz CT molecular complexity index is 925. The highest BCUT2D eigenvalue weighted by Gasteiger charge is 2.37. The Hall–Kier alpha value is -3.17. The van der Waals surface area contributed by atoms with Gasteiger partial charge in [0.2, 0.25) is 0 Å². The number of nitrogens with two attached hydrogens (primary N) is 1. The number of aromatic nitrogens is 1. The van der Waals surface area contributed by atoms with Gasteiger partial charge >= 0.3 is 12.0 Å². The van der Waals surface area contributed by atoms with Gasteiger partial charge in [-0.2, -0.15) is 0 Å². The molecule has 3 rings (SSSR count). The molecule has 1 aromatic heterocycles. The summed E-state index contributed by atoms with van der Waals surface area (Å²) in [6, 6.07) is 3.84. The number of hydrogen-bond donors (Lipinski definition) is 3. The molecule has 0 radical (unpaired) electrons. The highest BCUT2D eigenvalue weighted by atomic mass is 19.3. The average Bonchev–Trinajstić information content (AvgIpc) is 2.91. The highest BCUT2D eigenvalue weighted by Crippen LogP contribution is 2.28. The minimum atomic E-state index is -2.91. The van der Waals surface area contributed by atoms with E-state index in [1.165, 1.54) is 29.0 Å². The lowest BCUT2D eigenvalue weighted by molar-refractivity contribution is -0.137. The minimum absolute atomic E-state index is 0.104. The number of carboxylic acids is 1. The molecule has 3 amide bonds. The van der Waals surface area contributed by atoms with Crippen LogP contribution in [0.1, 0.15) is 23.2 Å². The number of nitrogens with one attached hydrogen (secondary N) is 1. The summed E-state index contributed by atoms with van der Waals surface area (Å²) in [6.45, 7) is -0.786. The molecule has 0 saturated carbocycles. The number of primary amides is 1. The fourth-order valence-corrected chi connectivity index (χ4v) is 3.19. The largest absolute Gasteiger partial charge is 0.480 e. The van der Waals surface area contributed by atoms with Crippen molar-refractivity contribution in [1.29, 1.82) is 0 Å². The Morgan fingerprint density at radius 3 is 2.67 bits per heavy atom. The van der Waals surface area contributed by atoms with E-state index in [0.717, 1.165) is 4.90 Å². The standard InChI is InChI=1S/C17H18F2N4O4/c18-17(19)4-1-5-22(9-17)16(27)21-10-2-3-13-11(6-10)12(15(20)26)7-23(13)8-14(24)25/h2-3,6-7H,1,4-5,8-9H2,(H2,20,26)(H,21,27)(H,24,25). The van der Waals surface area contributed by atoms with Crippen molar-refractivity contribution in [3.63, 3.8) is 0 Å². The van der Waals surface area contributed by atoms with Gasteiger partial charge in [0.05, 0.1) is 12.1 Å². The van der Waals surface area contributed by atoms with Gasteiger partial charge in [0.1, 0.15) is 6.54 Å². The van der Waals surface area contributed by atoms with E-state index >= 15 is 0 Å². The summed E-state index contributed by atoms with van der Waals surface area (Å²) in [5.41, 5.74) is 6.19. The summed E-state index contributed by atoms with van der Waals surface area (Å²) in [5, 5.41) is 11.9. The van der Waals surface area contributed by atoms with Gasteiger partial charge in [0.15, 0.2) is 0 Å². The molecule has 2 heterocycles. The second-order valence-electron chi connectivity index (χ2n) is 6.47. The normalized spacial score (nSPS) is 16.3. The number of carbonyl (C=O) groups excluding carboxylic acids is 2. The number of carboxylic acid groups (broad SMARTS) is 1. The van der Waals surface area contributed by atoms with Gasteiger partial charge in [0.25, 0.3) is 11.8 Å². The first kappa shape index (κ1) is 18.6. The quantitative estimate of drug-likeness (QED) is 0.753. The van der Waals surface area contributed by atoms with E-state index in [2.05, 4.69) is 5.32 Å². The number of fused-ring (bicyclic) bond motifs is 1. The van der Waals surface area contributed by atoms with Crippen LogP contribution in [0.2, 0.25) is 0 Å². The molecule has 4 N–H and O–H groups in total. The maximum Gasteiger partial charge on any atom is 0.323 e. The summed E-state index contributed by atoms with van der Waals surface area (Å²) >= 11 is 0. The number of halogens is 2. The average molecular weight is 380 g/mol. The molecule has 0 spiro atoms. The molecular weight excluding hydrogens is 362 g/mol. The molecule has 0 unspecified atom stereocenters. The molecule has 144 valence electrons. The van der Waals surface area contributed by atoms with Crippen molar-refractivity contribution in [3.05, 3.63) is 30.0 Å². The van der Waals surface area contributed by atoms with Crippen LogP contribution in [0.15, 0.2) is 24.4 Å². The third-order valence-electron chi connectivity index (χ3n) is 4.38. The van der Waals surface area contributed by atoms with Crippen molar-refractivity contribution in [2.45, 2.75) is 25.3 Å². The Morgan fingerprint density at radius 2 is 2.04 bits per heavy atom. The maximum absolute atomic E-state index is 13.5. The molecule has 8 nitrogen and oxygen atoms in total. The van der Waals surface area contributed by atoms with E-state index < -0.39 is 30.4 Å². The fraction of sp³-hybridized carbons (Fsp3) is 0.353. The van der Waals surface area contributed by atoms with E-state index in [1.807, 2.05) is 0 Å². The molecule has 1 aliphatic heterocycles. The van der Waals surface area contributed by atoms with Crippen LogP contribution in [0.3, 0.4) is 0 Å². The number of urea groups is 1. The number of hydrogen-bond acceptors (Lipinski definition) is 3.